The average Bonchev–Trinajstić information content (AvgIpc) is 2.33. The summed E-state index contributed by atoms with van der Waals surface area (Å²) < 4.78 is 0. The molecular formula is C16H25N3O. The number of anilines is 3. The van der Waals surface area contributed by atoms with E-state index < -0.39 is 0 Å². The van der Waals surface area contributed by atoms with Crippen LogP contribution in [0.4, 0.5) is 17.1 Å². The van der Waals surface area contributed by atoms with Gasteiger partial charge in [0.05, 0.1) is 11.4 Å². The maximum absolute atomic E-state index is 11.3. The van der Waals surface area contributed by atoms with Crippen LogP contribution in [0.1, 0.15) is 45.6 Å². The third-order valence-electron chi connectivity index (χ3n) is 4.15. The number of hydrogen-bond acceptors (Lipinski definition) is 3. The van der Waals surface area contributed by atoms with Crippen molar-refractivity contribution in [2.75, 3.05) is 16.0 Å². The van der Waals surface area contributed by atoms with Crippen molar-refractivity contribution in [3.05, 3.63) is 17.7 Å². The van der Waals surface area contributed by atoms with Crippen LogP contribution in [0, 0.1) is 6.92 Å². The van der Waals surface area contributed by atoms with E-state index in [2.05, 4.69) is 31.0 Å². The number of nitrogens with zero attached hydrogens (tertiary/aromatic N) is 1. The Labute approximate surface area is 121 Å². The number of aryl methyl sites for hydroxylation is 1. The van der Waals surface area contributed by atoms with E-state index >= 15 is 0 Å². The summed E-state index contributed by atoms with van der Waals surface area (Å²) in [7, 11) is 0. The zero-order valence-corrected chi connectivity index (χ0v) is 12.9. The number of benzene rings is 1. The third-order valence-corrected chi connectivity index (χ3v) is 4.15. The van der Waals surface area contributed by atoms with Crippen LogP contribution in [-0.4, -0.2) is 18.0 Å². The van der Waals surface area contributed by atoms with E-state index in [9.17, 15) is 4.79 Å². The lowest BCUT2D eigenvalue weighted by Crippen LogP contribution is -2.44. The van der Waals surface area contributed by atoms with E-state index in [-0.39, 0.29) is 5.91 Å². The van der Waals surface area contributed by atoms with Crippen LogP contribution in [0.25, 0.3) is 0 Å². The van der Waals surface area contributed by atoms with E-state index in [1.807, 2.05) is 12.1 Å². The lowest BCUT2D eigenvalue weighted by molar-refractivity contribution is -0.114. The average molecular weight is 275 g/mol. The van der Waals surface area contributed by atoms with E-state index in [4.69, 9.17) is 5.73 Å². The molecule has 2 atom stereocenters. The number of nitrogens with one attached hydrogen (secondary N) is 1. The fraction of sp³-hybridized carbons (Fsp3) is 0.562. The van der Waals surface area contributed by atoms with Crippen LogP contribution in [-0.2, 0) is 4.79 Å². The topological polar surface area (TPSA) is 58.4 Å². The summed E-state index contributed by atoms with van der Waals surface area (Å²) in [4.78, 5) is 13.7. The Hall–Kier alpha value is -1.71. The summed E-state index contributed by atoms with van der Waals surface area (Å²) in [6, 6.07) is 5.01. The third kappa shape index (κ3) is 2.89. The molecule has 1 heterocycles. The molecule has 1 aromatic carbocycles. The van der Waals surface area contributed by atoms with Crippen molar-refractivity contribution < 1.29 is 4.79 Å². The van der Waals surface area contributed by atoms with E-state index in [0.717, 1.165) is 5.56 Å². The lowest BCUT2D eigenvalue weighted by Gasteiger charge is -2.42. The highest BCUT2D eigenvalue weighted by Crippen LogP contribution is 2.35. The molecule has 1 fully saturated rings. The Kier molecular flexibility index (Phi) is 4.21. The van der Waals surface area contributed by atoms with Crippen LogP contribution >= 0.6 is 0 Å². The number of nitrogen functional groups attached to an aromatic ring is 1. The standard InChI is InChI=1S/C16H25N3O/c1-10-8-14(17)15(18-13(4)20)9-16(10)19-11(2)6-5-7-12(19)3/h8-9,11-12H,5-7,17H2,1-4H3,(H,18,20)/t11-,12-/m1/s1. The van der Waals surface area contributed by atoms with Crippen molar-refractivity contribution in [2.45, 2.75) is 59.0 Å². The maximum atomic E-state index is 11.3. The number of nitrogens with two attached hydrogens (primary N) is 1. The minimum atomic E-state index is -0.0914. The van der Waals surface area contributed by atoms with Crippen molar-refractivity contribution in [3.63, 3.8) is 0 Å². The molecule has 1 saturated heterocycles. The first-order chi connectivity index (χ1) is 9.40. The van der Waals surface area contributed by atoms with Gasteiger partial charge in [0.2, 0.25) is 5.91 Å². The molecule has 0 unspecified atom stereocenters. The zero-order valence-electron chi connectivity index (χ0n) is 12.9. The molecule has 110 valence electrons. The molecule has 20 heavy (non-hydrogen) atoms. The SMILES string of the molecule is CC(=O)Nc1cc(N2[C@H](C)CCC[C@H]2C)c(C)cc1N. The van der Waals surface area contributed by atoms with Crippen molar-refractivity contribution in [1.82, 2.24) is 0 Å². The van der Waals surface area contributed by atoms with Gasteiger partial charge < -0.3 is 16.0 Å². The molecule has 0 saturated carbocycles. The summed E-state index contributed by atoms with van der Waals surface area (Å²) in [5.41, 5.74) is 9.69. The first kappa shape index (κ1) is 14.7. The second-order valence-electron chi connectivity index (χ2n) is 5.94. The first-order valence-electron chi connectivity index (χ1n) is 7.36. The molecule has 0 aliphatic carbocycles. The quantitative estimate of drug-likeness (QED) is 0.814. The number of rotatable bonds is 2. The predicted octanol–water partition coefficient (Wildman–Crippen LogP) is 3.30. The Morgan fingerprint density at radius 3 is 2.45 bits per heavy atom. The van der Waals surface area contributed by atoms with Gasteiger partial charge in [-0.2, -0.15) is 0 Å². The summed E-state index contributed by atoms with van der Waals surface area (Å²) in [6.07, 6.45) is 3.71. The maximum Gasteiger partial charge on any atom is 0.221 e. The lowest BCUT2D eigenvalue weighted by atomic mass is 9.95. The molecule has 4 nitrogen and oxygen atoms in total. The number of amides is 1. The summed E-state index contributed by atoms with van der Waals surface area (Å²) in [6.45, 7) is 8.12. The minimum Gasteiger partial charge on any atom is -0.397 e. The summed E-state index contributed by atoms with van der Waals surface area (Å²) >= 11 is 0. The van der Waals surface area contributed by atoms with Crippen LogP contribution in [0.15, 0.2) is 12.1 Å². The molecule has 2 rings (SSSR count). The van der Waals surface area contributed by atoms with Crippen molar-refractivity contribution in [2.24, 2.45) is 0 Å². The van der Waals surface area contributed by atoms with E-state index in [0.29, 0.717) is 23.5 Å². The van der Waals surface area contributed by atoms with Crippen LogP contribution < -0.4 is 16.0 Å². The molecule has 1 aliphatic heterocycles. The number of carbonyl (C=O) groups excluding carboxylic acids is 1. The fourth-order valence-corrected chi connectivity index (χ4v) is 3.19. The molecule has 0 aromatic heterocycles. The van der Waals surface area contributed by atoms with Crippen molar-refractivity contribution >= 4 is 23.0 Å². The highest BCUT2D eigenvalue weighted by molar-refractivity contribution is 5.93. The molecule has 4 heteroatoms. The van der Waals surface area contributed by atoms with Gasteiger partial charge in [0.25, 0.3) is 0 Å². The molecule has 1 aromatic rings. The Morgan fingerprint density at radius 2 is 1.90 bits per heavy atom. The largest absolute Gasteiger partial charge is 0.397 e. The Bertz CT molecular complexity index is 503. The Morgan fingerprint density at radius 1 is 1.30 bits per heavy atom. The van der Waals surface area contributed by atoms with Gasteiger partial charge in [-0.15, -0.1) is 0 Å². The molecule has 0 bridgehead atoms. The number of piperidine rings is 1. The van der Waals surface area contributed by atoms with Gasteiger partial charge in [-0.05, 0) is 57.7 Å². The molecular weight excluding hydrogens is 250 g/mol. The van der Waals surface area contributed by atoms with Gasteiger partial charge >= 0.3 is 0 Å². The number of carbonyl (C=O) groups is 1. The van der Waals surface area contributed by atoms with Gasteiger partial charge in [0.15, 0.2) is 0 Å². The molecule has 1 amide bonds. The molecule has 0 spiro atoms. The highest BCUT2D eigenvalue weighted by atomic mass is 16.1. The van der Waals surface area contributed by atoms with E-state index in [1.54, 1.807) is 0 Å². The summed E-state index contributed by atoms with van der Waals surface area (Å²) in [5.74, 6) is -0.0914. The molecule has 1 aliphatic rings. The molecule has 3 N–H and O–H groups in total. The predicted molar refractivity (Wildman–Crippen MR) is 85.1 cm³/mol. The van der Waals surface area contributed by atoms with E-state index in [1.165, 1.54) is 31.9 Å². The van der Waals surface area contributed by atoms with Crippen LogP contribution in [0.3, 0.4) is 0 Å². The first-order valence-corrected chi connectivity index (χ1v) is 7.36. The normalized spacial score (nSPS) is 22.7. The minimum absolute atomic E-state index is 0.0914. The zero-order chi connectivity index (χ0) is 14.9. The Balaban J connectivity index is 2.41. The van der Waals surface area contributed by atoms with Crippen LogP contribution in [0.5, 0.6) is 0 Å². The smallest absolute Gasteiger partial charge is 0.221 e. The van der Waals surface area contributed by atoms with Crippen LogP contribution in [0.2, 0.25) is 0 Å². The van der Waals surface area contributed by atoms with Gasteiger partial charge in [0, 0.05) is 24.7 Å². The van der Waals surface area contributed by atoms with Gasteiger partial charge in [0.1, 0.15) is 0 Å². The monoisotopic (exact) mass is 275 g/mol. The van der Waals surface area contributed by atoms with Gasteiger partial charge in [-0.3, -0.25) is 4.79 Å². The second-order valence-corrected chi connectivity index (χ2v) is 5.94. The fourth-order valence-electron chi connectivity index (χ4n) is 3.19. The number of hydrogen-bond donors (Lipinski definition) is 2. The van der Waals surface area contributed by atoms with Crippen molar-refractivity contribution in [1.29, 1.82) is 0 Å². The van der Waals surface area contributed by atoms with Gasteiger partial charge in [-0.1, -0.05) is 0 Å². The summed E-state index contributed by atoms with van der Waals surface area (Å²) in [5, 5.41) is 2.82. The highest BCUT2D eigenvalue weighted by Gasteiger charge is 2.26. The van der Waals surface area contributed by atoms with Crippen molar-refractivity contribution in [3.8, 4) is 0 Å². The second kappa shape index (κ2) is 5.73. The van der Waals surface area contributed by atoms with Gasteiger partial charge in [-0.25, -0.2) is 0 Å². The molecule has 0 radical (unpaired) electrons.